The Balaban J connectivity index is -0.000000218. The first kappa shape index (κ1) is 24.3. The Morgan fingerprint density at radius 3 is 0.800 bits per heavy atom. The molecule has 0 aromatic heterocycles. The van der Waals surface area contributed by atoms with Gasteiger partial charge in [0.05, 0.1) is 0 Å². The van der Waals surface area contributed by atoms with Gasteiger partial charge in [0.1, 0.15) is 11.6 Å². The number of rotatable bonds is 0. The number of carbonyl (C=O) groups is 2. The molecule has 3 nitrogen and oxygen atoms in total. The summed E-state index contributed by atoms with van der Waals surface area (Å²) in [6.07, 6.45) is 0. The van der Waals surface area contributed by atoms with E-state index < -0.39 is 0 Å². The Kier molecular flexibility index (Phi) is 11.3. The highest BCUT2D eigenvalue weighted by molar-refractivity contribution is 5.81. The van der Waals surface area contributed by atoms with Crippen LogP contribution in [-0.2, 0) is 9.59 Å². The summed E-state index contributed by atoms with van der Waals surface area (Å²) in [5.74, 6) is 0.486. The molecule has 0 aromatic carbocycles. The summed E-state index contributed by atoms with van der Waals surface area (Å²) in [5.41, 5.74) is 5.35. The van der Waals surface area contributed by atoms with Crippen molar-refractivity contribution in [1.82, 2.24) is 0 Å². The van der Waals surface area contributed by atoms with Gasteiger partial charge in [-0.2, -0.15) is 0 Å². The van der Waals surface area contributed by atoms with Gasteiger partial charge in [0.2, 0.25) is 0 Å². The zero-order chi connectivity index (χ0) is 17.4. The first-order valence-electron chi connectivity index (χ1n) is 7.17. The predicted octanol–water partition coefficient (Wildman–Crippen LogP) is 4.23. The molecule has 0 saturated carbocycles. The van der Waals surface area contributed by atoms with Crippen LogP contribution in [0.4, 0.5) is 0 Å². The highest BCUT2D eigenvalue weighted by atomic mass is 16.1. The topological polar surface area (TPSA) is 60.2 Å². The molecule has 0 fully saturated rings. The Bertz CT molecular complexity index is 262. The molecule has 0 saturated heterocycles. The van der Waals surface area contributed by atoms with Crippen LogP contribution in [0.2, 0.25) is 0 Å². The van der Waals surface area contributed by atoms with Gasteiger partial charge in [-0.15, -0.1) is 0 Å². The van der Waals surface area contributed by atoms with E-state index in [0.29, 0.717) is 5.41 Å². The summed E-state index contributed by atoms with van der Waals surface area (Å²) in [7, 11) is 0. The second kappa shape index (κ2) is 9.28. The summed E-state index contributed by atoms with van der Waals surface area (Å²) in [6, 6.07) is 0. The summed E-state index contributed by atoms with van der Waals surface area (Å²) >= 11 is 0. The normalized spacial score (nSPS) is 11.6. The van der Waals surface area contributed by atoms with Crippen molar-refractivity contribution in [3.63, 3.8) is 0 Å². The van der Waals surface area contributed by atoms with Gasteiger partial charge in [-0.05, 0) is 25.8 Å². The lowest BCUT2D eigenvalue weighted by Crippen LogP contribution is -2.18. The fourth-order valence-electron chi connectivity index (χ4n) is 0. The number of ketones is 2. The molecule has 0 rings (SSSR count). The summed E-state index contributed by atoms with van der Waals surface area (Å²) in [6.45, 7) is 21.8. The molecule has 0 unspecified atom stereocenters. The van der Waals surface area contributed by atoms with E-state index in [4.69, 9.17) is 5.73 Å². The highest BCUT2D eigenvalue weighted by Crippen LogP contribution is 2.13. The van der Waals surface area contributed by atoms with Gasteiger partial charge in [0, 0.05) is 10.8 Å². The Hall–Kier alpha value is -0.700. The maximum absolute atomic E-state index is 10.5. The quantitative estimate of drug-likeness (QED) is 0.725. The van der Waals surface area contributed by atoms with Crippen molar-refractivity contribution in [3.05, 3.63) is 0 Å². The molecular weight excluding hydrogens is 250 g/mol. The molecule has 0 aliphatic carbocycles. The molecular formula is C17H37NO2. The van der Waals surface area contributed by atoms with Crippen LogP contribution in [0.1, 0.15) is 76.2 Å². The lowest BCUT2D eigenvalue weighted by atomic mass is 9.92. The number of carbonyl (C=O) groups excluding carboxylic acids is 2. The fraction of sp³-hybridized carbons (Fsp3) is 0.882. The van der Waals surface area contributed by atoms with Crippen molar-refractivity contribution in [2.75, 3.05) is 6.54 Å². The van der Waals surface area contributed by atoms with Crippen LogP contribution in [0, 0.1) is 16.2 Å². The van der Waals surface area contributed by atoms with Crippen LogP contribution in [0.25, 0.3) is 0 Å². The van der Waals surface area contributed by atoms with E-state index in [2.05, 4.69) is 20.8 Å². The minimum atomic E-state index is -0.139. The molecule has 0 aliphatic heterocycles. The van der Waals surface area contributed by atoms with Gasteiger partial charge in [-0.1, -0.05) is 62.3 Å². The van der Waals surface area contributed by atoms with Gasteiger partial charge in [0.25, 0.3) is 0 Å². The van der Waals surface area contributed by atoms with E-state index in [-0.39, 0.29) is 22.4 Å². The summed E-state index contributed by atoms with van der Waals surface area (Å²) < 4.78 is 0. The second-order valence-electron chi connectivity index (χ2n) is 8.38. The molecule has 0 amide bonds. The monoisotopic (exact) mass is 287 g/mol. The highest BCUT2D eigenvalue weighted by Gasteiger charge is 2.15. The van der Waals surface area contributed by atoms with Crippen LogP contribution >= 0.6 is 0 Å². The Morgan fingerprint density at radius 2 is 0.800 bits per heavy atom. The Labute approximate surface area is 126 Å². The SMILES string of the molecule is CC(=O)C(C)(C)C.CC(=O)C(C)(C)C.CC(C)(C)CN. The number of Topliss-reactive ketones (excluding diaryl/α,β-unsaturated/α-hetero) is 2. The predicted molar refractivity (Wildman–Crippen MR) is 88.8 cm³/mol. The minimum absolute atomic E-state index is 0.139. The van der Waals surface area contributed by atoms with Crippen LogP contribution in [0.5, 0.6) is 0 Å². The third kappa shape index (κ3) is 22.5. The molecule has 2 N–H and O–H groups in total. The summed E-state index contributed by atoms with van der Waals surface area (Å²) in [5, 5.41) is 0. The maximum atomic E-state index is 10.5. The Morgan fingerprint density at radius 1 is 0.700 bits per heavy atom. The molecule has 3 heteroatoms. The van der Waals surface area contributed by atoms with Crippen LogP contribution in [0.3, 0.4) is 0 Å². The van der Waals surface area contributed by atoms with Crippen molar-refractivity contribution in [3.8, 4) is 0 Å². The molecule has 0 spiro atoms. The third-order valence-electron chi connectivity index (χ3n) is 2.72. The molecule has 0 bridgehead atoms. The molecule has 0 aliphatic rings. The van der Waals surface area contributed by atoms with Crippen LogP contribution in [0.15, 0.2) is 0 Å². The zero-order valence-electron chi connectivity index (χ0n) is 15.6. The van der Waals surface area contributed by atoms with Gasteiger partial charge in [-0.25, -0.2) is 0 Å². The molecule has 0 radical (unpaired) electrons. The van der Waals surface area contributed by atoms with Gasteiger partial charge >= 0.3 is 0 Å². The van der Waals surface area contributed by atoms with E-state index in [1.165, 1.54) is 0 Å². The second-order valence-corrected chi connectivity index (χ2v) is 8.38. The summed E-state index contributed by atoms with van der Waals surface area (Å²) in [4.78, 5) is 20.9. The smallest absolute Gasteiger partial charge is 0.135 e. The van der Waals surface area contributed by atoms with Gasteiger partial charge < -0.3 is 5.73 Å². The number of hydrogen-bond donors (Lipinski definition) is 1. The van der Waals surface area contributed by atoms with Crippen LogP contribution in [-0.4, -0.2) is 18.1 Å². The molecule has 0 atom stereocenters. The average Bonchev–Trinajstić information content (AvgIpc) is 2.15. The van der Waals surface area contributed by atoms with Crippen molar-refractivity contribution < 1.29 is 9.59 Å². The standard InChI is InChI=1S/2C6H12O.C5H13N/c2*1-5(7)6(2,3)4;1-5(2,3)4-6/h2*1-4H3;4,6H2,1-3H3. The molecule has 0 aromatic rings. The average molecular weight is 287 g/mol. The molecule has 122 valence electrons. The van der Waals surface area contributed by atoms with E-state index in [0.717, 1.165) is 6.54 Å². The molecule has 0 heterocycles. The van der Waals surface area contributed by atoms with Crippen molar-refractivity contribution in [2.24, 2.45) is 22.0 Å². The van der Waals surface area contributed by atoms with Crippen molar-refractivity contribution in [2.45, 2.75) is 76.2 Å². The first-order chi connectivity index (χ1) is 8.45. The fourth-order valence-corrected chi connectivity index (χ4v) is 0. The molecule has 20 heavy (non-hydrogen) atoms. The lowest BCUT2D eigenvalue weighted by Gasteiger charge is -2.12. The maximum Gasteiger partial charge on any atom is 0.135 e. The minimum Gasteiger partial charge on any atom is -0.330 e. The van der Waals surface area contributed by atoms with Crippen molar-refractivity contribution >= 4 is 11.6 Å². The number of hydrogen-bond acceptors (Lipinski definition) is 3. The zero-order valence-corrected chi connectivity index (χ0v) is 15.6. The van der Waals surface area contributed by atoms with Crippen LogP contribution < -0.4 is 5.73 Å². The lowest BCUT2D eigenvalue weighted by molar-refractivity contribution is -0.124. The van der Waals surface area contributed by atoms with E-state index in [1.54, 1.807) is 13.8 Å². The van der Waals surface area contributed by atoms with Crippen molar-refractivity contribution in [1.29, 1.82) is 0 Å². The first-order valence-corrected chi connectivity index (χ1v) is 7.17. The van der Waals surface area contributed by atoms with Gasteiger partial charge in [-0.3, -0.25) is 9.59 Å². The van der Waals surface area contributed by atoms with Gasteiger partial charge in [0.15, 0.2) is 0 Å². The number of nitrogens with two attached hydrogens (primary N) is 1. The largest absolute Gasteiger partial charge is 0.330 e. The van der Waals surface area contributed by atoms with E-state index in [9.17, 15) is 9.59 Å². The third-order valence-corrected chi connectivity index (χ3v) is 2.72. The van der Waals surface area contributed by atoms with E-state index >= 15 is 0 Å². The van der Waals surface area contributed by atoms with E-state index in [1.807, 2.05) is 41.5 Å².